The number of rotatable bonds is 3. The van der Waals surface area contributed by atoms with Crippen LogP contribution >= 0.6 is 0 Å². The van der Waals surface area contributed by atoms with Crippen LogP contribution in [-0.4, -0.2) is 59.6 Å². The van der Waals surface area contributed by atoms with Gasteiger partial charge in [-0.2, -0.15) is 0 Å². The van der Waals surface area contributed by atoms with E-state index in [0.717, 1.165) is 31.8 Å². The van der Waals surface area contributed by atoms with Crippen LogP contribution in [0.1, 0.15) is 38.6 Å². The molecule has 1 aromatic heterocycles. The largest absolute Gasteiger partial charge is 0.370 e. The molecule has 0 N–H and O–H groups in total. The second kappa shape index (κ2) is 6.18. The lowest BCUT2D eigenvalue weighted by Crippen LogP contribution is -2.54. The summed E-state index contributed by atoms with van der Waals surface area (Å²) in [7, 11) is -0.994. The van der Waals surface area contributed by atoms with Crippen molar-refractivity contribution in [3.63, 3.8) is 0 Å². The van der Waals surface area contributed by atoms with Crippen molar-refractivity contribution < 1.29 is 13.2 Å². The molecule has 0 aromatic carbocycles. The zero-order chi connectivity index (χ0) is 16.7. The minimum absolute atomic E-state index is 0.00500. The van der Waals surface area contributed by atoms with Gasteiger partial charge in [0.05, 0.1) is 10.5 Å². The molecular formula is C16H27N3O3S. The van der Waals surface area contributed by atoms with Gasteiger partial charge in [-0.25, -0.2) is 13.4 Å². The van der Waals surface area contributed by atoms with E-state index in [1.165, 1.54) is 0 Å². The molecule has 0 aliphatic carbocycles. The Kier molecular flexibility index (Phi) is 4.55. The van der Waals surface area contributed by atoms with Crippen LogP contribution in [0.3, 0.4) is 0 Å². The van der Waals surface area contributed by atoms with Crippen LogP contribution in [-0.2, 0) is 21.6 Å². The van der Waals surface area contributed by atoms with Crippen molar-refractivity contribution >= 4 is 9.84 Å². The molecule has 1 aromatic rings. The molecule has 0 saturated carbocycles. The van der Waals surface area contributed by atoms with Gasteiger partial charge >= 0.3 is 0 Å². The standard InChI is InChI=1S/C16H27N3O3S/c1-16(2)12-19(8-10-23(16,20)21)11-13-5-4-9-22-14(13)15-17-6-7-18(15)3/h6-7,13-14H,4-5,8-12H2,1-3H3/t13-,14+/m0/s1. The Labute approximate surface area is 138 Å². The lowest BCUT2D eigenvalue weighted by molar-refractivity contribution is -0.0456. The number of hydrogen-bond donors (Lipinski definition) is 0. The predicted molar refractivity (Wildman–Crippen MR) is 88.9 cm³/mol. The molecule has 6 nitrogen and oxygen atoms in total. The maximum atomic E-state index is 12.2. The third-order valence-electron chi connectivity index (χ3n) is 5.17. The minimum atomic E-state index is -2.99. The lowest BCUT2D eigenvalue weighted by atomic mass is 9.92. The molecule has 2 saturated heterocycles. The molecule has 3 rings (SSSR count). The Balaban J connectivity index is 1.72. The van der Waals surface area contributed by atoms with Crippen LogP contribution in [0.25, 0.3) is 0 Å². The molecule has 0 unspecified atom stereocenters. The SMILES string of the molecule is Cn1ccnc1[C@@H]1OCCC[C@H]1CN1CCS(=O)(=O)C(C)(C)C1. The first-order valence-corrected chi connectivity index (χ1v) is 9.99. The molecule has 2 fully saturated rings. The predicted octanol–water partition coefficient (Wildman–Crippen LogP) is 1.40. The second-order valence-corrected chi connectivity index (χ2v) is 10.1. The summed E-state index contributed by atoms with van der Waals surface area (Å²) in [4.78, 5) is 6.75. The van der Waals surface area contributed by atoms with Crippen molar-refractivity contribution in [1.82, 2.24) is 14.5 Å². The molecule has 130 valence electrons. The molecule has 0 amide bonds. The molecule has 2 aliphatic heterocycles. The quantitative estimate of drug-likeness (QED) is 0.831. The number of aromatic nitrogens is 2. The third kappa shape index (κ3) is 3.32. The van der Waals surface area contributed by atoms with Crippen LogP contribution in [0, 0.1) is 5.92 Å². The average Bonchev–Trinajstić information content (AvgIpc) is 2.90. The lowest BCUT2D eigenvalue weighted by Gasteiger charge is -2.41. The zero-order valence-electron chi connectivity index (χ0n) is 14.2. The first-order valence-electron chi connectivity index (χ1n) is 8.34. The van der Waals surface area contributed by atoms with Gasteiger partial charge in [-0.1, -0.05) is 0 Å². The van der Waals surface area contributed by atoms with E-state index >= 15 is 0 Å². The van der Waals surface area contributed by atoms with E-state index in [0.29, 0.717) is 19.0 Å². The highest BCUT2D eigenvalue weighted by molar-refractivity contribution is 7.92. The molecule has 7 heteroatoms. The fraction of sp³-hybridized carbons (Fsp3) is 0.812. The van der Waals surface area contributed by atoms with Gasteiger partial charge in [0.15, 0.2) is 9.84 Å². The Morgan fingerprint density at radius 3 is 2.87 bits per heavy atom. The molecule has 3 heterocycles. The fourth-order valence-electron chi connectivity index (χ4n) is 3.70. The zero-order valence-corrected chi connectivity index (χ0v) is 15.1. The summed E-state index contributed by atoms with van der Waals surface area (Å²) >= 11 is 0. The summed E-state index contributed by atoms with van der Waals surface area (Å²) in [5.41, 5.74) is 0. The van der Waals surface area contributed by atoms with E-state index in [9.17, 15) is 8.42 Å². The number of imidazole rings is 1. The first kappa shape index (κ1) is 16.9. The third-order valence-corrected chi connectivity index (χ3v) is 7.71. The van der Waals surface area contributed by atoms with E-state index in [4.69, 9.17) is 4.74 Å². The normalized spacial score (nSPS) is 31.1. The van der Waals surface area contributed by atoms with Crippen molar-refractivity contribution in [3.8, 4) is 0 Å². The summed E-state index contributed by atoms with van der Waals surface area (Å²) in [5, 5.41) is 0. The van der Waals surface area contributed by atoms with Crippen molar-refractivity contribution in [1.29, 1.82) is 0 Å². The minimum Gasteiger partial charge on any atom is -0.370 e. The molecule has 0 radical (unpaired) electrons. The highest BCUT2D eigenvalue weighted by Crippen LogP contribution is 2.34. The highest BCUT2D eigenvalue weighted by Gasteiger charge is 2.41. The Bertz CT molecular complexity index is 653. The average molecular weight is 341 g/mol. The summed E-state index contributed by atoms with van der Waals surface area (Å²) in [6.07, 6.45) is 5.91. The number of nitrogens with zero attached hydrogens (tertiary/aromatic N) is 3. The van der Waals surface area contributed by atoms with Gasteiger partial charge in [-0.3, -0.25) is 0 Å². The van der Waals surface area contributed by atoms with Crippen LogP contribution in [0.15, 0.2) is 12.4 Å². The number of sulfone groups is 1. The van der Waals surface area contributed by atoms with Gasteiger partial charge in [-0.05, 0) is 26.7 Å². The Morgan fingerprint density at radius 2 is 2.22 bits per heavy atom. The molecule has 0 bridgehead atoms. The van der Waals surface area contributed by atoms with Crippen LogP contribution in [0.2, 0.25) is 0 Å². The first-order chi connectivity index (χ1) is 10.8. The van der Waals surface area contributed by atoms with E-state index in [1.807, 2.05) is 31.7 Å². The molecular weight excluding hydrogens is 314 g/mol. The second-order valence-electron chi connectivity index (χ2n) is 7.40. The topological polar surface area (TPSA) is 64.4 Å². The van der Waals surface area contributed by atoms with Crippen molar-refractivity contribution in [2.45, 2.75) is 37.5 Å². The van der Waals surface area contributed by atoms with Crippen LogP contribution < -0.4 is 0 Å². The molecule has 2 atom stereocenters. The van der Waals surface area contributed by atoms with Crippen molar-refractivity contribution in [2.75, 3.05) is 32.0 Å². The number of aryl methyl sites for hydroxylation is 1. The van der Waals surface area contributed by atoms with Crippen LogP contribution in [0.5, 0.6) is 0 Å². The monoisotopic (exact) mass is 341 g/mol. The van der Waals surface area contributed by atoms with Crippen molar-refractivity contribution in [3.05, 3.63) is 18.2 Å². The number of hydrogen-bond acceptors (Lipinski definition) is 5. The van der Waals surface area contributed by atoms with Gasteiger partial charge in [-0.15, -0.1) is 0 Å². The Morgan fingerprint density at radius 1 is 1.43 bits per heavy atom. The van der Waals surface area contributed by atoms with Gasteiger partial charge in [0.2, 0.25) is 0 Å². The molecule has 2 aliphatic rings. The van der Waals surface area contributed by atoms with Gasteiger partial charge in [0.1, 0.15) is 11.9 Å². The Hall–Kier alpha value is -0.920. The summed E-state index contributed by atoms with van der Waals surface area (Å²) in [5.74, 6) is 1.58. The summed E-state index contributed by atoms with van der Waals surface area (Å²) < 4.78 is 31.7. The maximum Gasteiger partial charge on any atom is 0.157 e. The van der Waals surface area contributed by atoms with E-state index in [2.05, 4.69) is 9.88 Å². The maximum absolute atomic E-state index is 12.2. The van der Waals surface area contributed by atoms with Crippen LogP contribution in [0.4, 0.5) is 0 Å². The van der Waals surface area contributed by atoms with Gasteiger partial charge in [0, 0.05) is 51.6 Å². The molecule has 23 heavy (non-hydrogen) atoms. The van der Waals surface area contributed by atoms with Crippen molar-refractivity contribution in [2.24, 2.45) is 13.0 Å². The summed E-state index contributed by atoms with van der Waals surface area (Å²) in [6.45, 7) is 6.53. The van der Waals surface area contributed by atoms with Gasteiger partial charge in [0.25, 0.3) is 0 Å². The number of ether oxygens (including phenoxy) is 1. The van der Waals surface area contributed by atoms with E-state index in [1.54, 1.807) is 6.20 Å². The molecule has 0 spiro atoms. The fourth-order valence-corrected chi connectivity index (χ4v) is 5.13. The highest BCUT2D eigenvalue weighted by atomic mass is 32.2. The summed E-state index contributed by atoms with van der Waals surface area (Å²) in [6, 6.07) is 0. The van der Waals surface area contributed by atoms with Gasteiger partial charge < -0.3 is 14.2 Å². The van der Waals surface area contributed by atoms with E-state index < -0.39 is 14.6 Å². The van der Waals surface area contributed by atoms with E-state index in [-0.39, 0.29) is 11.9 Å². The smallest absolute Gasteiger partial charge is 0.157 e.